The smallest absolute Gasteiger partial charge is 0.407 e. The number of rotatable bonds is 9. The minimum Gasteiger partial charge on any atom is -0.444 e. The summed E-state index contributed by atoms with van der Waals surface area (Å²) >= 11 is 6.06. The summed E-state index contributed by atoms with van der Waals surface area (Å²) in [5.41, 5.74) is 0.853. The molecule has 1 amide bonds. The van der Waals surface area contributed by atoms with E-state index in [1.54, 1.807) is 0 Å². The number of benzene rings is 1. The lowest BCUT2D eigenvalue weighted by molar-refractivity contribution is -0.0969. The quantitative estimate of drug-likeness (QED) is 0.312. The molecule has 0 aliphatic carbocycles. The maximum absolute atomic E-state index is 12.2. The summed E-state index contributed by atoms with van der Waals surface area (Å²) in [5, 5.41) is 6.19. The van der Waals surface area contributed by atoms with E-state index in [4.69, 9.17) is 25.8 Å². The number of hydrogen-bond acceptors (Lipinski definition) is 7. The van der Waals surface area contributed by atoms with Crippen molar-refractivity contribution in [3.8, 4) is 11.8 Å². The Morgan fingerprint density at radius 1 is 1.15 bits per heavy atom. The molecule has 0 radical (unpaired) electrons. The Balaban J connectivity index is 2.28. The van der Waals surface area contributed by atoms with Crippen molar-refractivity contribution in [3.63, 3.8) is 0 Å². The van der Waals surface area contributed by atoms with Crippen molar-refractivity contribution in [3.05, 3.63) is 52.9 Å². The highest BCUT2D eigenvalue weighted by atomic mass is 35.5. The molecule has 0 aliphatic rings. The van der Waals surface area contributed by atoms with E-state index >= 15 is 0 Å². The van der Waals surface area contributed by atoms with E-state index in [1.807, 2.05) is 65.0 Å². The molecule has 1 atom stereocenters. The first-order chi connectivity index (χ1) is 15.7. The van der Waals surface area contributed by atoms with Crippen LogP contribution < -0.4 is 10.6 Å². The number of aromatic nitrogens is 2. The Bertz CT molecular complexity index is 948. The lowest BCUT2D eigenvalue weighted by Crippen LogP contribution is -2.36. The Hall–Kier alpha value is -2.86. The van der Waals surface area contributed by atoms with Crippen LogP contribution in [0.2, 0.25) is 5.28 Å². The van der Waals surface area contributed by atoms with E-state index in [1.165, 1.54) is 6.20 Å². The van der Waals surface area contributed by atoms with E-state index in [0.717, 1.165) is 5.56 Å². The fraction of sp³-hybridized carbons (Fsp3) is 0.458. The molecule has 0 saturated heterocycles. The van der Waals surface area contributed by atoms with Crippen molar-refractivity contribution >= 4 is 23.5 Å². The number of nitrogens with zero attached hydrogens (tertiary/aromatic N) is 2. The molecule has 178 valence electrons. The van der Waals surface area contributed by atoms with Gasteiger partial charge in [0, 0.05) is 26.0 Å². The number of amides is 1. The molecule has 0 spiro atoms. The Labute approximate surface area is 200 Å². The average Bonchev–Trinajstić information content (AvgIpc) is 2.75. The van der Waals surface area contributed by atoms with Gasteiger partial charge in [0.15, 0.2) is 0 Å². The second-order valence-corrected chi connectivity index (χ2v) is 8.24. The number of alkyl carbamates (subject to hydrolysis) is 1. The predicted octanol–water partition coefficient (Wildman–Crippen LogP) is 4.56. The molecular formula is C24H31ClN4O4. The zero-order valence-electron chi connectivity index (χ0n) is 19.6. The molecule has 0 aliphatic heterocycles. The first kappa shape index (κ1) is 26.4. The first-order valence-electron chi connectivity index (χ1n) is 10.8. The van der Waals surface area contributed by atoms with Crippen LogP contribution in [0.15, 0.2) is 36.5 Å². The van der Waals surface area contributed by atoms with Crippen molar-refractivity contribution in [1.29, 1.82) is 0 Å². The van der Waals surface area contributed by atoms with Crippen LogP contribution in [0.4, 0.5) is 10.6 Å². The van der Waals surface area contributed by atoms with Crippen molar-refractivity contribution in [2.75, 3.05) is 25.1 Å². The third kappa shape index (κ3) is 9.66. The Morgan fingerprint density at radius 3 is 2.42 bits per heavy atom. The molecule has 2 rings (SSSR count). The summed E-state index contributed by atoms with van der Waals surface area (Å²) < 4.78 is 16.3. The van der Waals surface area contributed by atoms with Crippen LogP contribution in [0.1, 0.15) is 51.8 Å². The second-order valence-electron chi connectivity index (χ2n) is 7.90. The maximum Gasteiger partial charge on any atom is 0.407 e. The van der Waals surface area contributed by atoms with Crippen molar-refractivity contribution in [2.45, 2.75) is 52.6 Å². The molecule has 1 aromatic heterocycles. The van der Waals surface area contributed by atoms with Gasteiger partial charge in [-0.15, -0.1) is 0 Å². The number of nitrogens with one attached hydrogen (secondary N) is 2. The summed E-state index contributed by atoms with van der Waals surface area (Å²) in [6, 6.07) is 9.31. The van der Waals surface area contributed by atoms with Crippen LogP contribution in [0.5, 0.6) is 0 Å². The lowest BCUT2D eigenvalue weighted by Gasteiger charge is -2.23. The third-order valence-electron chi connectivity index (χ3n) is 4.08. The average molecular weight is 475 g/mol. The molecule has 2 aromatic rings. The van der Waals surface area contributed by atoms with Crippen LogP contribution in [-0.2, 0) is 14.2 Å². The normalized spacial score (nSPS) is 12.0. The van der Waals surface area contributed by atoms with Crippen LogP contribution in [0, 0.1) is 11.8 Å². The molecule has 0 fully saturated rings. The molecule has 8 nitrogen and oxygen atoms in total. The summed E-state index contributed by atoms with van der Waals surface area (Å²) in [6.45, 7) is 10.3. The number of ether oxygens (including phenoxy) is 3. The third-order valence-corrected chi connectivity index (χ3v) is 4.26. The minimum absolute atomic E-state index is 0.0705. The maximum atomic E-state index is 12.2. The minimum atomic E-state index is -0.665. The Kier molecular flexibility index (Phi) is 10.4. The van der Waals surface area contributed by atoms with E-state index in [-0.39, 0.29) is 17.9 Å². The number of hydrogen-bond donors (Lipinski definition) is 2. The van der Waals surface area contributed by atoms with Crippen molar-refractivity contribution < 1.29 is 19.0 Å². The monoisotopic (exact) mass is 474 g/mol. The van der Waals surface area contributed by atoms with Gasteiger partial charge in [0.2, 0.25) is 11.6 Å². The van der Waals surface area contributed by atoms with Crippen LogP contribution in [0.25, 0.3) is 0 Å². The summed E-state index contributed by atoms with van der Waals surface area (Å²) in [6.07, 6.45) is 0.354. The van der Waals surface area contributed by atoms with E-state index in [2.05, 4.69) is 32.4 Å². The largest absolute Gasteiger partial charge is 0.444 e. The second kappa shape index (κ2) is 13.0. The number of carbonyl (C=O) groups is 1. The van der Waals surface area contributed by atoms with Gasteiger partial charge < -0.3 is 24.8 Å². The summed E-state index contributed by atoms with van der Waals surface area (Å²) in [5.74, 6) is 6.37. The van der Waals surface area contributed by atoms with Gasteiger partial charge in [-0.05, 0) is 57.7 Å². The van der Waals surface area contributed by atoms with Crippen molar-refractivity contribution in [1.82, 2.24) is 15.3 Å². The fourth-order valence-corrected chi connectivity index (χ4v) is 2.87. The standard InChI is InChI=1S/C24H31ClN4O4/c1-6-31-20(32-7-2)14-13-18-15-26-22(25)29-21(18)28-19(17-11-9-8-10-12-17)16-27-23(30)33-24(3,4)5/h8-12,15,19-20H,6-7,16H2,1-5H3,(H,27,30)(H,26,28,29)/t19-/m0/s1. The fourth-order valence-electron chi connectivity index (χ4n) is 2.73. The first-order valence-corrected chi connectivity index (χ1v) is 11.1. The van der Waals surface area contributed by atoms with Gasteiger partial charge in [-0.3, -0.25) is 0 Å². The van der Waals surface area contributed by atoms with Gasteiger partial charge in [-0.1, -0.05) is 36.3 Å². The summed E-state index contributed by atoms with van der Waals surface area (Å²) in [4.78, 5) is 20.6. The number of halogens is 1. The van der Waals surface area contributed by atoms with E-state index < -0.39 is 18.0 Å². The van der Waals surface area contributed by atoms with E-state index in [0.29, 0.717) is 24.6 Å². The van der Waals surface area contributed by atoms with Crippen LogP contribution in [0.3, 0.4) is 0 Å². The van der Waals surface area contributed by atoms with Crippen molar-refractivity contribution in [2.24, 2.45) is 0 Å². The molecular weight excluding hydrogens is 444 g/mol. The molecule has 1 heterocycles. The van der Waals surface area contributed by atoms with Gasteiger partial charge in [0.05, 0.1) is 11.6 Å². The highest BCUT2D eigenvalue weighted by molar-refractivity contribution is 6.28. The van der Waals surface area contributed by atoms with Crippen LogP contribution >= 0.6 is 11.6 Å². The van der Waals surface area contributed by atoms with Gasteiger partial charge in [-0.2, -0.15) is 4.98 Å². The molecule has 1 aromatic carbocycles. The van der Waals surface area contributed by atoms with Gasteiger partial charge >= 0.3 is 6.09 Å². The van der Waals surface area contributed by atoms with Gasteiger partial charge in [0.1, 0.15) is 11.4 Å². The SMILES string of the molecule is CCOC(C#Cc1cnc(Cl)nc1N[C@@H](CNC(=O)OC(C)(C)C)c1ccccc1)OCC. The Morgan fingerprint density at radius 2 is 1.82 bits per heavy atom. The van der Waals surface area contributed by atoms with E-state index in [9.17, 15) is 4.79 Å². The molecule has 33 heavy (non-hydrogen) atoms. The highest BCUT2D eigenvalue weighted by Crippen LogP contribution is 2.21. The topological polar surface area (TPSA) is 94.6 Å². The zero-order valence-corrected chi connectivity index (χ0v) is 20.4. The lowest BCUT2D eigenvalue weighted by atomic mass is 10.1. The van der Waals surface area contributed by atoms with Gasteiger partial charge in [0.25, 0.3) is 0 Å². The molecule has 0 bridgehead atoms. The summed E-state index contributed by atoms with van der Waals surface area (Å²) in [7, 11) is 0. The molecule has 2 N–H and O–H groups in total. The molecule has 0 saturated carbocycles. The number of anilines is 1. The van der Waals surface area contributed by atoms with Crippen LogP contribution in [-0.4, -0.2) is 47.7 Å². The number of carbonyl (C=O) groups excluding carboxylic acids is 1. The predicted molar refractivity (Wildman–Crippen MR) is 128 cm³/mol. The van der Waals surface area contributed by atoms with Gasteiger partial charge in [-0.25, -0.2) is 9.78 Å². The molecule has 0 unspecified atom stereocenters. The molecule has 9 heteroatoms. The zero-order chi connectivity index (χ0) is 24.3. The highest BCUT2D eigenvalue weighted by Gasteiger charge is 2.19.